The van der Waals surface area contributed by atoms with Crippen molar-refractivity contribution in [2.24, 2.45) is 0 Å². The van der Waals surface area contributed by atoms with Crippen LogP contribution >= 0.6 is 0 Å². The van der Waals surface area contributed by atoms with Crippen LogP contribution in [0.3, 0.4) is 0 Å². The van der Waals surface area contributed by atoms with Crippen LogP contribution in [-0.2, 0) is 29.1 Å². The van der Waals surface area contributed by atoms with Gasteiger partial charge < -0.3 is 19.8 Å². The second kappa shape index (κ2) is 44.4. The van der Waals surface area contributed by atoms with Crippen molar-refractivity contribution in [1.29, 1.82) is 0 Å². The van der Waals surface area contributed by atoms with Gasteiger partial charge in [-0.3, -0.25) is 0 Å². The van der Waals surface area contributed by atoms with E-state index in [-0.39, 0.29) is 53.5 Å². The molecule has 0 amide bonds. The van der Waals surface area contributed by atoms with Gasteiger partial charge in [-0.2, -0.15) is 0 Å². The number of aliphatic carboxylic acids is 2. The molecule has 4 nitrogen and oxygen atoms in total. The quantitative estimate of drug-likeness (QED) is 0.0672. The maximum absolute atomic E-state index is 10.1. The maximum atomic E-state index is 10.1. The molecule has 6 heteroatoms. The molecule has 0 fully saturated rings. The zero-order valence-electron chi connectivity index (χ0n) is 26.2. The average molecular weight is 697 g/mol. The molecule has 0 N–H and O–H groups in total. The van der Waals surface area contributed by atoms with Crippen molar-refractivity contribution in [2.75, 3.05) is 0 Å². The first-order valence-electron chi connectivity index (χ1n) is 16.1. The molecule has 0 aliphatic rings. The van der Waals surface area contributed by atoms with E-state index in [4.69, 9.17) is 0 Å². The summed E-state index contributed by atoms with van der Waals surface area (Å²) >= 11 is 0.149. The van der Waals surface area contributed by atoms with Crippen molar-refractivity contribution in [3.63, 3.8) is 0 Å². The van der Waals surface area contributed by atoms with Crippen molar-refractivity contribution < 1.29 is 39.3 Å². The Morgan fingerprint density at radius 3 is 0.895 bits per heavy atom. The van der Waals surface area contributed by atoms with E-state index in [1.807, 2.05) is 0 Å². The molecule has 0 aromatic carbocycles. The number of hydrogen-bond acceptors (Lipinski definition) is 4. The predicted molar refractivity (Wildman–Crippen MR) is 159 cm³/mol. The Bertz CT molecular complexity index is 398. The molecule has 0 radical (unpaired) electrons. The number of carbonyl (C=O) groups excluding carboxylic acids is 2. The number of carbonyl (C=O) groups is 2. The van der Waals surface area contributed by atoms with Gasteiger partial charge in [-0.15, -0.1) is 0 Å². The minimum absolute atomic E-state index is 0. The predicted octanol–water partition coefficient (Wildman–Crippen LogP) is 8.44. The Morgan fingerprint density at radius 2 is 0.658 bits per heavy atom. The molecule has 38 heavy (non-hydrogen) atoms. The third-order valence-electron chi connectivity index (χ3n) is 6.38. The van der Waals surface area contributed by atoms with Crippen LogP contribution in [0.4, 0.5) is 0 Å². The van der Waals surface area contributed by atoms with Crippen molar-refractivity contribution in [3.8, 4) is 0 Å². The summed E-state index contributed by atoms with van der Waals surface area (Å²) in [5.41, 5.74) is 0. The summed E-state index contributed by atoms with van der Waals surface area (Å²) in [6.07, 6.45) is 28.2. The van der Waals surface area contributed by atoms with Gasteiger partial charge in [0.2, 0.25) is 0 Å². The van der Waals surface area contributed by atoms with Gasteiger partial charge in [-0.1, -0.05) is 117 Å². The van der Waals surface area contributed by atoms with Crippen LogP contribution in [0.1, 0.15) is 182 Å². The van der Waals surface area contributed by atoms with Crippen molar-refractivity contribution in [1.82, 2.24) is 0 Å². The average Bonchev–Trinajstić information content (AvgIpc) is 2.87. The Kier molecular flexibility index (Phi) is 53.0. The minimum Gasteiger partial charge on any atom is 2.00 e. The fraction of sp³-hybridized carbons (Fsp3) is 0.938. The van der Waals surface area contributed by atoms with Crippen LogP contribution in [0.15, 0.2) is 0 Å². The SMILES string of the molecule is CCCCCCCCCCCC(=O)[O-].CCCCCCCCCCCC(=O)[O-].CCC[CH2][Sn+2][CH2]CCC.[Zn+2]. The largest absolute Gasteiger partial charge is 2.00 e. The fourth-order valence-electron chi connectivity index (χ4n) is 3.89. The van der Waals surface area contributed by atoms with Crippen LogP contribution < -0.4 is 10.2 Å². The molecule has 0 rings (SSSR count). The number of unbranched alkanes of at least 4 members (excludes halogenated alkanes) is 18. The molecule has 0 spiro atoms. The van der Waals surface area contributed by atoms with Gasteiger partial charge in [0.05, 0.1) is 0 Å². The third kappa shape index (κ3) is 56.5. The normalized spacial score (nSPS) is 9.79. The van der Waals surface area contributed by atoms with Gasteiger partial charge in [0.15, 0.2) is 0 Å². The minimum atomic E-state index is -0.909. The van der Waals surface area contributed by atoms with E-state index in [0.29, 0.717) is 0 Å². The molecule has 0 aromatic rings. The number of hydrogen-bond donors (Lipinski definition) is 0. The van der Waals surface area contributed by atoms with Gasteiger partial charge in [-0.05, 0) is 25.7 Å². The van der Waals surface area contributed by atoms with Crippen LogP contribution in [0, 0.1) is 0 Å². The summed E-state index contributed by atoms with van der Waals surface area (Å²) in [4.78, 5) is 20.2. The topological polar surface area (TPSA) is 80.3 Å². The van der Waals surface area contributed by atoms with Crippen molar-refractivity contribution >= 4 is 33.1 Å². The van der Waals surface area contributed by atoms with E-state index in [1.54, 1.807) is 8.87 Å². The number of carboxylic acids is 2. The zero-order chi connectivity index (χ0) is 28.2. The molecular weight excluding hydrogens is 632 g/mol. The molecule has 0 aromatic heterocycles. The summed E-state index contributed by atoms with van der Waals surface area (Å²) < 4.78 is 3.25. The first-order valence-corrected chi connectivity index (χ1v) is 20.1. The maximum Gasteiger partial charge on any atom is 2.00 e. The van der Waals surface area contributed by atoms with Gasteiger partial charge in [0.1, 0.15) is 0 Å². The molecule has 0 bridgehead atoms. The number of carboxylic acid groups (broad SMARTS) is 2. The second-order valence-corrected chi connectivity index (χ2v) is 14.6. The smallest absolute Gasteiger partial charge is 2.00 e. The Morgan fingerprint density at radius 1 is 0.421 bits per heavy atom. The first-order chi connectivity index (χ1) is 18.0. The van der Waals surface area contributed by atoms with E-state index >= 15 is 0 Å². The zero-order valence-corrected chi connectivity index (χ0v) is 32.0. The molecule has 0 aliphatic carbocycles. The second-order valence-electron chi connectivity index (χ2n) is 10.4. The summed E-state index contributed by atoms with van der Waals surface area (Å²) in [5.74, 6) is -1.82. The molecule has 0 saturated carbocycles. The van der Waals surface area contributed by atoms with Crippen LogP contribution in [0.5, 0.6) is 0 Å². The van der Waals surface area contributed by atoms with Gasteiger partial charge in [0, 0.05) is 11.9 Å². The van der Waals surface area contributed by atoms with Crippen LogP contribution in [-0.4, -0.2) is 33.1 Å². The van der Waals surface area contributed by atoms with E-state index < -0.39 is 11.9 Å². The molecule has 0 aliphatic heterocycles. The molecule has 0 atom stereocenters. The standard InChI is InChI=1S/2C12H24O2.2C4H9.Sn.Zn/c2*1-2-3-4-5-6-7-8-9-10-11-12(13)14;2*1-3-4-2;;/h2*2-11H2,1H3,(H,13,14);2*1,3-4H2,2H3;;/q;;;;2*+2/p-2. The Balaban J connectivity index is -0.000000231. The summed E-state index contributed by atoms with van der Waals surface area (Å²) in [6, 6.07) is 0. The Hall–Kier alpha value is 0.362. The molecule has 220 valence electrons. The van der Waals surface area contributed by atoms with Crippen molar-refractivity contribution in [3.05, 3.63) is 0 Å². The molecule has 0 unspecified atom stereocenters. The molecule has 0 heterocycles. The van der Waals surface area contributed by atoms with Gasteiger partial charge in [0.25, 0.3) is 0 Å². The first kappa shape index (κ1) is 45.4. The van der Waals surface area contributed by atoms with E-state index in [1.165, 1.54) is 116 Å². The third-order valence-corrected chi connectivity index (χ3v) is 10.4. The van der Waals surface area contributed by atoms with E-state index in [0.717, 1.165) is 25.7 Å². The summed E-state index contributed by atoms with van der Waals surface area (Å²) in [6.45, 7) is 9.03. The Labute approximate surface area is 261 Å². The summed E-state index contributed by atoms with van der Waals surface area (Å²) in [7, 11) is 0. The summed E-state index contributed by atoms with van der Waals surface area (Å²) in [5, 5.41) is 20.2. The van der Waals surface area contributed by atoms with Crippen LogP contribution in [0.25, 0.3) is 0 Å². The van der Waals surface area contributed by atoms with Gasteiger partial charge in [-0.25, -0.2) is 0 Å². The molecular formula is C32H64O4SnZn+2. The van der Waals surface area contributed by atoms with Crippen LogP contribution in [0.2, 0.25) is 8.87 Å². The molecule has 0 saturated heterocycles. The van der Waals surface area contributed by atoms with E-state index in [2.05, 4.69) is 27.7 Å². The number of rotatable bonds is 26. The fourth-order valence-corrected chi connectivity index (χ4v) is 8.05. The van der Waals surface area contributed by atoms with Gasteiger partial charge >= 0.3 is 89.0 Å². The van der Waals surface area contributed by atoms with E-state index in [9.17, 15) is 19.8 Å². The van der Waals surface area contributed by atoms with Crippen molar-refractivity contribution in [2.45, 2.75) is 191 Å². The monoisotopic (exact) mass is 696 g/mol.